The highest BCUT2D eigenvalue weighted by molar-refractivity contribution is 5.23. The van der Waals surface area contributed by atoms with Crippen LogP contribution in [0, 0.1) is 17.6 Å². The molecule has 1 aromatic rings. The van der Waals surface area contributed by atoms with Gasteiger partial charge in [-0.05, 0) is 37.0 Å². The molecule has 3 N–H and O–H groups in total. The Morgan fingerprint density at radius 1 is 1.33 bits per heavy atom. The molecule has 1 saturated carbocycles. The Bertz CT molecular complexity index is 366. The molecule has 4 heteroatoms. The second-order valence-electron chi connectivity index (χ2n) is 4.02. The van der Waals surface area contributed by atoms with Crippen LogP contribution in [0.5, 0.6) is 0 Å². The lowest BCUT2D eigenvalue weighted by molar-refractivity contribution is 0.120. The fraction of sp³-hybridized carbons (Fsp3) is 0.455. The molecule has 15 heavy (non-hydrogen) atoms. The molecule has 0 amide bonds. The second-order valence-corrected chi connectivity index (χ2v) is 4.02. The number of aliphatic hydroxyl groups is 1. The monoisotopic (exact) mass is 213 g/mol. The average molecular weight is 213 g/mol. The van der Waals surface area contributed by atoms with E-state index in [0.29, 0.717) is 0 Å². The summed E-state index contributed by atoms with van der Waals surface area (Å²) in [5, 5.41) is 9.71. The molecule has 1 fully saturated rings. The van der Waals surface area contributed by atoms with Gasteiger partial charge in [0, 0.05) is 5.56 Å². The van der Waals surface area contributed by atoms with Gasteiger partial charge >= 0.3 is 0 Å². The molecule has 0 aliphatic heterocycles. The van der Waals surface area contributed by atoms with Crippen molar-refractivity contribution in [3.05, 3.63) is 35.4 Å². The molecule has 1 aliphatic carbocycles. The summed E-state index contributed by atoms with van der Waals surface area (Å²) in [5.74, 6) is -0.962. The van der Waals surface area contributed by atoms with Gasteiger partial charge in [-0.2, -0.15) is 0 Å². The number of hydrogen-bond donors (Lipinski definition) is 2. The zero-order valence-corrected chi connectivity index (χ0v) is 8.16. The van der Waals surface area contributed by atoms with Crippen LogP contribution in [0.25, 0.3) is 0 Å². The smallest absolute Gasteiger partial charge is 0.128 e. The van der Waals surface area contributed by atoms with Gasteiger partial charge in [-0.3, -0.25) is 0 Å². The molecule has 82 valence electrons. The van der Waals surface area contributed by atoms with E-state index in [-0.39, 0.29) is 11.5 Å². The van der Waals surface area contributed by atoms with Gasteiger partial charge in [-0.1, -0.05) is 0 Å². The predicted molar refractivity (Wildman–Crippen MR) is 52.0 cm³/mol. The first-order valence-electron chi connectivity index (χ1n) is 4.98. The van der Waals surface area contributed by atoms with Crippen LogP contribution in [0.2, 0.25) is 0 Å². The first-order valence-corrected chi connectivity index (χ1v) is 4.98. The van der Waals surface area contributed by atoms with Crippen LogP contribution in [0.3, 0.4) is 0 Å². The molecule has 0 radical (unpaired) electrons. The highest BCUT2D eigenvalue weighted by atomic mass is 19.1. The molecule has 0 bridgehead atoms. The molecular weight excluding hydrogens is 200 g/mol. The van der Waals surface area contributed by atoms with E-state index in [1.54, 1.807) is 0 Å². The lowest BCUT2D eigenvalue weighted by Crippen LogP contribution is -2.28. The van der Waals surface area contributed by atoms with Gasteiger partial charge in [0.25, 0.3) is 0 Å². The zero-order valence-electron chi connectivity index (χ0n) is 8.16. The van der Waals surface area contributed by atoms with Gasteiger partial charge in [0.05, 0.1) is 12.1 Å². The molecule has 2 nitrogen and oxygen atoms in total. The predicted octanol–water partition coefficient (Wildman–Crippen LogP) is 1.74. The highest BCUT2D eigenvalue weighted by Gasteiger charge is 2.35. The van der Waals surface area contributed by atoms with Crippen molar-refractivity contribution in [2.75, 3.05) is 0 Å². The van der Waals surface area contributed by atoms with E-state index in [0.717, 1.165) is 31.0 Å². The fourth-order valence-electron chi connectivity index (χ4n) is 1.68. The third-order valence-corrected chi connectivity index (χ3v) is 2.79. The summed E-state index contributed by atoms with van der Waals surface area (Å²) in [4.78, 5) is 0. The van der Waals surface area contributed by atoms with E-state index in [1.807, 2.05) is 0 Å². The maximum Gasteiger partial charge on any atom is 0.128 e. The largest absolute Gasteiger partial charge is 0.391 e. The van der Waals surface area contributed by atoms with Crippen LogP contribution in [0.4, 0.5) is 8.78 Å². The molecule has 2 atom stereocenters. The Kier molecular flexibility index (Phi) is 2.71. The highest BCUT2D eigenvalue weighted by Crippen LogP contribution is 2.37. The summed E-state index contributed by atoms with van der Waals surface area (Å²) < 4.78 is 26.2. The number of halogens is 2. The van der Waals surface area contributed by atoms with Crippen LogP contribution in [0.15, 0.2) is 18.2 Å². The molecule has 0 spiro atoms. The van der Waals surface area contributed by atoms with Crippen LogP contribution < -0.4 is 5.73 Å². The summed E-state index contributed by atoms with van der Waals surface area (Å²) >= 11 is 0. The maximum atomic E-state index is 13.3. The van der Waals surface area contributed by atoms with E-state index in [1.165, 1.54) is 0 Å². The number of hydrogen-bond acceptors (Lipinski definition) is 2. The van der Waals surface area contributed by atoms with Crippen molar-refractivity contribution in [3.8, 4) is 0 Å². The van der Waals surface area contributed by atoms with Crippen molar-refractivity contribution in [1.29, 1.82) is 0 Å². The fourth-order valence-corrected chi connectivity index (χ4v) is 1.68. The van der Waals surface area contributed by atoms with Crippen molar-refractivity contribution in [2.24, 2.45) is 11.7 Å². The minimum atomic E-state index is -0.840. The minimum Gasteiger partial charge on any atom is -0.391 e. The van der Waals surface area contributed by atoms with Crippen LogP contribution >= 0.6 is 0 Å². The Morgan fingerprint density at radius 2 is 2.00 bits per heavy atom. The summed E-state index contributed by atoms with van der Waals surface area (Å²) in [5.41, 5.74) is 5.74. The van der Waals surface area contributed by atoms with Crippen molar-refractivity contribution in [2.45, 2.75) is 25.0 Å². The quantitative estimate of drug-likeness (QED) is 0.803. The molecule has 0 aromatic heterocycles. The maximum absolute atomic E-state index is 13.3. The van der Waals surface area contributed by atoms with Gasteiger partial charge < -0.3 is 10.8 Å². The molecule has 0 heterocycles. The van der Waals surface area contributed by atoms with Crippen molar-refractivity contribution in [1.82, 2.24) is 0 Å². The van der Waals surface area contributed by atoms with Gasteiger partial charge in [0.1, 0.15) is 11.6 Å². The van der Waals surface area contributed by atoms with E-state index >= 15 is 0 Å². The molecule has 1 aliphatic rings. The molecule has 0 saturated heterocycles. The second kappa shape index (κ2) is 3.87. The van der Waals surface area contributed by atoms with Gasteiger partial charge in [-0.25, -0.2) is 8.78 Å². The Hall–Kier alpha value is -1.00. The topological polar surface area (TPSA) is 46.2 Å². The molecule has 0 unspecified atom stereocenters. The Morgan fingerprint density at radius 3 is 2.60 bits per heavy atom. The van der Waals surface area contributed by atoms with Gasteiger partial charge in [-0.15, -0.1) is 0 Å². The van der Waals surface area contributed by atoms with E-state index < -0.39 is 23.8 Å². The summed E-state index contributed by atoms with van der Waals surface area (Å²) in [6.07, 6.45) is 1.04. The van der Waals surface area contributed by atoms with Crippen LogP contribution in [-0.2, 0) is 0 Å². The number of rotatable bonds is 3. The van der Waals surface area contributed by atoms with Crippen LogP contribution in [-0.4, -0.2) is 11.2 Å². The summed E-state index contributed by atoms with van der Waals surface area (Å²) in [7, 11) is 0. The Labute approximate surface area is 86.7 Å². The Balaban J connectivity index is 2.23. The lowest BCUT2D eigenvalue weighted by Gasteiger charge is -2.19. The summed E-state index contributed by atoms with van der Waals surface area (Å²) in [6, 6.07) is 2.28. The van der Waals surface area contributed by atoms with Crippen molar-refractivity contribution in [3.63, 3.8) is 0 Å². The number of aliphatic hydroxyl groups excluding tert-OH is 1. The van der Waals surface area contributed by atoms with Crippen LogP contribution in [0.1, 0.15) is 24.4 Å². The van der Waals surface area contributed by atoms with Gasteiger partial charge in [0.2, 0.25) is 0 Å². The third kappa shape index (κ3) is 2.16. The first-order chi connectivity index (χ1) is 7.09. The van der Waals surface area contributed by atoms with E-state index in [2.05, 4.69) is 0 Å². The first kappa shape index (κ1) is 10.5. The van der Waals surface area contributed by atoms with Gasteiger partial charge in [0.15, 0.2) is 0 Å². The molecule has 1 aromatic carbocycles. The minimum absolute atomic E-state index is 0.0504. The number of benzene rings is 1. The average Bonchev–Trinajstić information content (AvgIpc) is 3.03. The molecular formula is C11H13F2NO. The van der Waals surface area contributed by atoms with Crippen molar-refractivity contribution >= 4 is 0 Å². The number of nitrogens with two attached hydrogens (primary N) is 1. The SMILES string of the molecule is N[C@@H](c1cc(F)ccc1F)[C@H](O)C1CC1. The summed E-state index contributed by atoms with van der Waals surface area (Å²) in [6.45, 7) is 0. The zero-order chi connectivity index (χ0) is 11.0. The van der Waals surface area contributed by atoms with E-state index in [9.17, 15) is 13.9 Å². The van der Waals surface area contributed by atoms with Crippen molar-refractivity contribution < 1.29 is 13.9 Å². The standard InChI is InChI=1S/C11H13F2NO/c12-7-3-4-9(13)8(5-7)10(14)11(15)6-1-2-6/h3-6,10-11,15H,1-2,14H2/t10-,11+/m0/s1. The third-order valence-electron chi connectivity index (χ3n) is 2.79. The normalized spacial score (nSPS) is 20.0. The van der Waals surface area contributed by atoms with E-state index in [4.69, 9.17) is 5.73 Å². The lowest BCUT2D eigenvalue weighted by atomic mass is 9.98. The molecule has 2 rings (SSSR count).